The summed E-state index contributed by atoms with van der Waals surface area (Å²) >= 11 is 0. The number of nitrogens with one attached hydrogen (secondary N) is 1. The van der Waals surface area contributed by atoms with Crippen LogP contribution in [-0.4, -0.2) is 37.3 Å². The van der Waals surface area contributed by atoms with Gasteiger partial charge in [-0.1, -0.05) is 6.07 Å². The van der Waals surface area contributed by atoms with Crippen molar-refractivity contribution < 1.29 is 33.3 Å². The Morgan fingerprint density at radius 1 is 1.07 bits per heavy atom. The third kappa shape index (κ3) is 5.60. The van der Waals surface area contributed by atoms with E-state index < -0.39 is 29.8 Å². The molecule has 0 spiro atoms. The van der Waals surface area contributed by atoms with Gasteiger partial charge < -0.3 is 24.6 Å². The number of benzene rings is 2. The topological polar surface area (TPSA) is 94.1 Å². The van der Waals surface area contributed by atoms with Gasteiger partial charge in [0.15, 0.2) is 17.6 Å². The van der Waals surface area contributed by atoms with E-state index >= 15 is 0 Å². The number of carboxylic acids is 1. The van der Waals surface area contributed by atoms with Gasteiger partial charge in [0.1, 0.15) is 11.6 Å². The van der Waals surface area contributed by atoms with E-state index in [4.69, 9.17) is 14.2 Å². The molecule has 28 heavy (non-hydrogen) atoms. The molecular weight excluding hydrogens is 369 g/mol. The Bertz CT molecular complexity index is 824. The SMILES string of the molecule is COc1ccc(C(CC(=O)O)NC(=O)C(C)Oc2ccc(F)cc2)cc1OC. The van der Waals surface area contributed by atoms with Crippen LogP contribution in [0.3, 0.4) is 0 Å². The third-order valence-electron chi connectivity index (χ3n) is 4.00. The number of carboxylic acid groups (broad SMARTS) is 1. The maximum absolute atomic E-state index is 13.0. The summed E-state index contributed by atoms with van der Waals surface area (Å²) in [6, 6.07) is 9.34. The highest BCUT2D eigenvalue weighted by molar-refractivity contribution is 5.82. The number of carbonyl (C=O) groups excluding carboxylic acids is 1. The lowest BCUT2D eigenvalue weighted by atomic mass is 10.0. The summed E-state index contributed by atoms with van der Waals surface area (Å²) in [6.45, 7) is 1.52. The van der Waals surface area contributed by atoms with E-state index in [0.717, 1.165) is 0 Å². The van der Waals surface area contributed by atoms with Crippen molar-refractivity contribution in [3.63, 3.8) is 0 Å². The normalized spacial score (nSPS) is 12.6. The van der Waals surface area contributed by atoms with Gasteiger partial charge in [0.25, 0.3) is 5.91 Å². The highest BCUT2D eigenvalue weighted by atomic mass is 19.1. The second kappa shape index (κ2) is 9.59. The number of halogens is 1. The number of methoxy groups -OCH3 is 2. The Kier molecular flexibility index (Phi) is 7.20. The van der Waals surface area contributed by atoms with Crippen LogP contribution in [0, 0.1) is 5.82 Å². The van der Waals surface area contributed by atoms with Gasteiger partial charge in [0.2, 0.25) is 0 Å². The van der Waals surface area contributed by atoms with Crippen LogP contribution in [-0.2, 0) is 9.59 Å². The predicted molar refractivity (Wildman–Crippen MR) is 99.2 cm³/mol. The molecule has 0 aliphatic heterocycles. The second-order valence-corrected chi connectivity index (χ2v) is 5.99. The minimum Gasteiger partial charge on any atom is -0.493 e. The zero-order chi connectivity index (χ0) is 20.7. The number of hydrogen-bond donors (Lipinski definition) is 2. The van der Waals surface area contributed by atoms with E-state index in [0.29, 0.717) is 22.8 Å². The zero-order valence-corrected chi connectivity index (χ0v) is 15.8. The van der Waals surface area contributed by atoms with Crippen LogP contribution in [0.2, 0.25) is 0 Å². The highest BCUT2D eigenvalue weighted by Crippen LogP contribution is 2.31. The molecule has 0 aromatic heterocycles. The Hall–Kier alpha value is -3.29. The van der Waals surface area contributed by atoms with Gasteiger partial charge in [-0.25, -0.2) is 4.39 Å². The van der Waals surface area contributed by atoms with Gasteiger partial charge >= 0.3 is 5.97 Å². The number of ether oxygens (including phenoxy) is 3. The Morgan fingerprint density at radius 2 is 1.71 bits per heavy atom. The van der Waals surface area contributed by atoms with E-state index in [1.54, 1.807) is 18.2 Å². The number of carbonyl (C=O) groups is 2. The summed E-state index contributed by atoms with van der Waals surface area (Å²) in [5.41, 5.74) is 0.544. The molecule has 0 heterocycles. The van der Waals surface area contributed by atoms with Gasteiger partial charge in [-0.05, 0) is 48.9 Å². The molecule has 0 bridgehead atoms. The molecule has 2 aromatic carbocycles. The largest absolute Gasteiger partial charge is 0.493 e. The number of aliphatic carboxylic acids is 1. The van der Waals surface area contributed by atoms with Gasteiger partial charge in [0, 0.05) is 0 Å². The van der Waals surface area contributed by atoms with Crippen LogP contribution >= 0.6 is 0 Å². The number of amides is 1. The van der Waals surface area contributed by atoms with Gasteiger partial charge in [0.05, 0.1) is 26.7 Å². The zero-order valence-electron chi connectivity index (χ0n) is 15.8. The van der Waals surface area contributed by atoms with Crippen LogP contribution in [0.4, 0.5) is 4.39 Å². The molecule has 8 heteroatoms. The highest BCUT2D eigenvalue weighted by Gasteiger charge is 2.23. The summed E-state index contributed by atoms with van der Waals surface area (Å²) < 4.78 is 28.9. The summed E-state index contributed by atoms with van der Waals surface area (Å²) in [7, 11) is 2.95. The first-order chi connectivity index (χ1) is 13.3. The molecule has 2 aromatic rings. The minimum atomic E-state index is -1.08. The molecule has 2 atom stereocenters. The van der Waals surface area contributed by atoms with Crippen molar-refractivity contribution in [2.45, 2.75) is 25.5 Å². The molecule has 2 rings (SSSR count). The Morgan fingerprint density at radius 3 is 2.29 bits per heavy atom. The van der Waals surface area contributed by atoms with Gasteiger partial charge in [-0.2, -0.15) is 0 Å². The molecule has 0 saturated carbocycles. The first kappa shape index (κ1) is 21.0. The lowest BCUT2D eigenvalue weighted by Gasteiger charge is -2.22. The Balaban J connectivity index is 2.15. The second-order valence-electron chi connectivity index (χ2n) is 5.99. The van der Waals surface area contributed by atoms with Crippen molar-refractivity contribution in [2.24, 2.45) is 0 Å². The first-order valence-corrected chi connectivity index (χ1v) is 8.50. The molecule has 0 aliphatic rings. The fourth-order valence-electron chi connectivity index (χ4n) is 2.56. The maximum Gasteiger partial charge on any atom is 0.305 e. The van der Waals surface area contributed by atoms with Crippen LogP contribution in [0.25, 0.3) is 0 Å². The van der Waals surface area contributed by atoms with Crippen molar-refractivity contribution in [2.75, 3.05) is 14.2 Å². The standard InChI is InChI=1S/C20H22FNO6/c1-12(28-15-7-5-14(21)6-8-15)20(25)22-16(11-19(23)24)13-4-9-17(26-2)18(10-13)27-3/h4-10,12,16H,11H2,1-3H3,(H,22,25)(H,23,24). The van der Waals surface area contributed by atoms with Crippen molar-refractivity contribution in [1.29, 1.82) is 0 Å². The summed E-state index contributed by atoms with van der Waals surface area (Å²) in [6.07, 6.45) is -1.24. The third-order valence-corrected chi connectivity index (χ3v) is 4.00. The van der Waals surface area contributed by atoms with Gasteiger partial charge in [-0.15, -0.1) is 0 Å². The monoisotopic (exact) mass is 391 g/mol. The maximum atomic E-state index is 13.0. The lowest BCUT2D eigenvalue weighted by molar-refractivity contribution is -0.138. The predicted octanol–water partition coefficient (Wildman–Crippen LogP) is 2.94. The quantitative estimate of drug-likeness (QED) is 0.683. The molecule has 0 aliphatic carbocycles. The first-order valence-electron chi connectivity index (χ1n) is 8.50. The van der Waals surface area contributed by atoms with Crippen molar-refractivity contribution in [3.05, 3.63) is 53.8 Å². The molecule has 2 N–H and O–H groups in total. The van der Waals surface area contributed by atoms with Crippen LogP contribution in [0.15, 0.2) is 42.5 Å². The summed E-state index contributed by atoms with van der Waals surface area (Å²) in [4.78, 5) is 23.8. The average molecular weight is 391 g/mol. The smallest absolute Gasteiger partial charge is 0.305 e. The summed E-state index contributed by atoms with van der Waals surface area (Å²) in [5, 5.41) is 11.9. The molecule has 0 radical (unpaired) electrons. The molecule has 2 unspecified atom stereocenters. The van der Waals surface area contributed by atoms with E-state index in [1.807, 2.05) is 0 Å². The fourth-order valence-corrected chi connectivity index (χ4v) is 2.56. The molecule has 1 amide bonds. The lowest BCUT2D eigenvalue weighted by Crippen LogP contribution is -2.39. The van der Waals surface area contributed by atoms with Crippen molar-refractivity contribution in [3.8, 4) is 17.2 Å². The van der Waals surface area contributed by atoms with Crippen LogP contribution in [0.1, 0.15) is 24.9 Å². The molecule has 150 valence electrons. The van der Waals surface area contributed by atoms with E-state index in [9.17, 15) is 19.1 Å². The molecule has 0 fully saturated rings. The molecular formula is C20H22FNO6. The van der Waals surface area contributed by atoms with Crippen molar-refractivity contribution in [1.82, 2.24) is 5.32 Å². The summed E-state index contributed by atoms with van der Waals surface area (Å²) in [5.74, 6) is -0.776. The Labute approximate surface area is 162 Å². The fraction of sp³-hybridized carbons (Fsp3) is 0.300. The average Bonchev–Trinajstić information content (AvgIpc) is 2.68. The minimum absolute atomic E-state index is 0.324. The van der Waals surface area contributed by atoms with E-state index in [1.165, 1.54) is 45.4 Å². The number of rotatable bonds is 9. The molecule has 7 nitrogen and oxygen atoms in total. The van der Waals surface area contributed by atoms with E-state index in [-0.39, 0.29) is 6.42 Å². The van der Waals surface area contributed by atoms with Crippen LogP contribution in [0.5, 0.6) is 17.2 Å². The van der Waals surface area contributed by atoms with E-state index in [2.05, 4.69) is 5.32 Å². The van der Waals surface area contributed by atoms with Crippen molar-refractivity contribution >= 4 is 11.9 Å². The van der Waals surface area contributed by atoms with Gasteiger partial charge in [-0.3, -0.25) is 9.59 Å². The molecule has 0 saturated heterocycles. The van der Waals surface area contributed by atoms with Crippen LogP contribution < -0.4 is 19.5 Å². The number of hydrogen-bond acceptors (Lipinski definition) is 5.